The number of hydrogen-bond acceptors (Lipinski definition) is 6. The predicted molar refractivity (Wildman–Crippen MR) is 81.1 cm³/mol. The lowest BCUT2D eigenvalue weighted by Gasteiger charge is -2.16. The van der Waals surface area contributed by atoms with Gasteiger partial charge in [-0.15, -0.1) is 0 Å². The zero-order chi connectivity index (χ0) is 17.1. The second-order valence-corrected chi connectivity index (χ2v) is 5.64. The van der Waals surface area contributed by atoms with Crippen molar-refractivity contribution in [2.24, 2.45) is 0 Å². The van der Waals surface area contributed by atoms with Crippen LogP contribution in [0.3, 0.4) is 0 Å². The monoisotopic (exact) mass is 334 g/mol. The van der Waals surface area contributed by atoms with Crippen LogP contribution in [0, 0.1) is 0 Å². The number of nitrogens with one attached hydrogen (secondary N) is 2. The molecular formula is C16H18N2O6. The minimum atomic E-state index is -0.941. The molecule has 2 aliphatic heterocycles. The summed E-state index contributed by atoms with van der Waals surface area (Å²) < 4.78 is 15.6. The van der Waals surface area contributed by atoms with Gasteiger partial charge in [-0.25, -0.2) is 4.79 Å². The van der Waals surface area contributed by atoms with E-state index in [1.54, 1.807) is 12.1 Å². The molecule has 8 nitrogen and oxygen atoms in total. The van der Waals surface area contributed by atoms with E-state index in [9.17, 15) is 14.4 Å². The van der Waals surface area contributed by atoms with Crippen LogP contribution < -0.4 is 20.1 Å². The molecule has 3 rings (SSSR count). The lowest BCUT2D eigenvalue weighted by Crippen LogP contribution is -2.41. The quantitative estimate of drug-likeness (QED) is 0.748. The van der Waals surface area contributed by atoms with Gasteiger partial charge in [0.1, 0.15) is 6.04 Å². The number of fused-ring (bicyclic) bond motifs is 1. The zero-order valence-corrected chi connectivity index (χ0v) is 13.2. The molecule has 2 amide bonds. The van der Waals surface area contributed by atoms with Crippen LogP contribution in [-0.2, 0) is 25.7 Å². The average Bonchev–Trinajstić information content (AvgIpc) is 3.20. The first-order valence-corrected chi connectivity index (χ1v) is 7.69. The lowest BCUT2D eigenvalue weighted by atomic mass is 10.2. The third-order valence-corrected chi connectivity index (χ3v) is 3.85. The molecule has 1 fully saturated rings. The van der Waals surface area contributed by atoms with Crippen molar-refractivity contribution in [3.05, 3.63) is 23.8 Å². The predicted octanol–water partition coefficient (Wildman–Crippen LogP) is 0.242. The fraction of sp³-hybridized carbons (Fsp3) is 0.438. The molecule has 1 aromatic rings. The van der Waals surface area contributed by atoms with Crippen LogP contribution >= 0.6 is 0 Å². The molecule has 0 aliphatic carbocycles. The van der Waals surface area contributed by atoms with E-state index in [4.69, 9.17) is 14.2 Å². The van der Waals surface area contributed by atoms with Gasteiger partial charge in [0.25, 0.3) is 5.91 Å². The molecule has 0 aromatic heterocycles. The van der Waals surface area contributed by atoms with Crippen molar-refractivity contribution in [3.8, 4) is 11.5 Å². The molecule has 0 spiro atoms. The van der Waals surface area contributed by atoms with Gasteiger partial charge in [-0.3, -0.25) is 9.59 Å². The molecule has 1 aromatic carbocycles. The molecule has 0 saturated carbocycles. The highest BCUT2D eigenvalue weighted by atomic mass is 16.7. The van der Waals surface area contributed by atoms with Gasteiger partial charge >= 0.3 is 5.97 Å². The summed E-state index contributed by atoms with van der Waals surface area (Å²) in [5.41, 5.74) is 0.842. The van der Waals surface area contributed by atoms with E-state index in [-0.39, 0.29) is 19.2 Å². The van der Waals surface area contributed by atoms with Gasteiger partial charge in [0.2, 0.25) is 12.7 Å². The number of carbonyl (C=O) groups excluding carboxylic acids is 3. The summed E-state index contributed by atoms with van der Waals surface area (Å²) in [6, 6.07) is 4.71. The Balaban J connectivity index is 1.47. The Hall–Kier alpha value is -2.77. The van der Waals surface area contributed by atoms with Crippen molar-refractivity contribution in [1.82, 2.24) is 10.6 Å². The molecule has 24 heavy (non-hydrogen) atoms. The lowest BCUT2D eigenvalue weighted by molar-refractivity contribution is -0.156. The average molecular weight is 334 g/mol. The number of esters is 1. The Morgan fingerprint density at radius 3 is 2.92 bits per heavy atom. The SMILES string of the molecule is C[C@@H](OC(=O)[C@H]1CCC(=O)N1)C(=O)NCc1ccc2c(c1)OCO2. The molecule has 0 unspecified atom stereocenters. The molecule has 0 radical (unpaired) electrons. The van der Waals surface area contributed by atoms with Crippen LogP contribution in [0.25, 0.3) is 0 Å². The minimum absolute atomic E-state index is 0.183. The third kappa shape index (κ3) is 3.58. The highest BCUT2D eigenvalue weighted by Gasteiger charge is 2.30. The van der Waals surface area contributed by atoms with E-state index < -0.39 is 24.0 Å². The van der Waals surface area contributed by atoms with Crippen LogP contribution in [0.4, 0.5) is 0 Å². The van der Waals surface area contributed by atoms with Gasteiger partial charge in [0.15, 0.2) is 17.6 Å². The highest BCUT2D eigenvalue weighted by Crippen LogP contribution is 2.32. The van der Waals surface area contributed by atoms with Crippen LogP contribution in [0.2, 0.25) is 0 Å². The summed E-state index contributed by atoms with van der Waals surface area (Å²) in [4.78, 5) is 35.0. The van der Waals surface area contributed by atoms with Gasteiger partial charge in [-0.2, -0.15) is 0 Å². The van der Waals surface area contributed by atoms with Gasteiger partial charge in [-0.1, -0.05) is 6.07 Å². The number of rotatable bonds is 5. The smallest absolute Gasteiger partial charge is 0.329 e. The fourth-order valence-corrected chi connectivity index (χ4v) is 2.48. The fourth-order valence-electron chi connectivity index (χ4n) is 2.48. The van der Waals surface area contributed by atoms with Crippen LogP contribution in [0.15, 0.2) is 18.2 Å². The first kappa shape index (κ1) is 16.1. The second kappa shape index (κ2) is 6.77. The van der Waals surface area contributed by atoms with E-state index in [1.165, 1.54) is 6.92 Å². The molecule has 2 aliphatic rings. The second-order valence-electron chi connectivity index (χ2n) is 5.64. The molecule has 2 N–H and O–H groups in total. The van der Waals surface area contributed by atoms with Crippen molar-refractivity contribution >= 4 is 17.8 Å². The summed E-state index contributed by atoms with van der Waals surface area (Å²) in [7, 11) is 0. The number of amides is 2. The Morgan fingerprint density at radius 2 is 2.17 bits per heavy atom. The summed E-state index contributed by atoms with van der Waals surface area (Å²) in [6.45, 7) is 1.96. The maximum Gasteiger partial charge on any atom is 0.329 e. The first-order valence-electron chi connectivity index (χ1n) is 7.69. The highest BCUT2D eigenvalue weighted by molar-refractivity contribution is 5.90. The standard InChI is InChI=1S/C16H18N2O6/c1-9(24-16(21)11-3-5-14(19)18-11)15(20)17-7-10-2-4-12-13(6-10)23-8-22-12/h2,4,6,9,11H,3,5,7-8H2,1H3,(H,17,20)(H,18,19)/t9-,11-/m1/s1. The van der Waals surface area contributed by atoms with Crippen molar-refractivity contribution in [2.75, 3.05) is 6.79 Å². The van der Waals surface area contributed by atoms with E-state index >= 15 is 0 Å². The third-order valence-electron chi connectivity index (χ3n) is 3.85. The maximum atomic E-state index is 12.0. The summed E-state index contributed by atoms with van der Waals surface area (Å²) in [5.74, 6) is 0.123. The first-order chi connectivity index (χ1) is 11.5. The van der Waals surface area contributed by atoms with Gasteiger partial charge in [0.05, 0.1) is 0 Å². The van der Waals surface area contributed by atoms with Crippen molar-refractivity contribution in [2.45, 2.75) is 38.5 Å². The van der Waals surface area contributed by atoms with E-state index in [0.717, 1.165) is 5.56 Å². The molecule has 128 valence electrons. The van der Waals surface area contributed by atoms with E-state index in [1.807, 2.05) is 6.07 Å². The number of ether oxygens (including phenoxy) is 3. The molecule has 2 heterocycles. The Labute approximate surface area is 138 Å². The normalized spacial score (nSPS) is 19.5. The van der Waals surface area contributed by atoms with Crippen molar-refractivity contribution in [1.29, 1.82) is 0 Å². The maximum absolute atomic E-state index is 12.0. The van der Waals surface area contributed by atoms with Crippen LogP contribution in [0.5, 0.6) is 11.5 Å². The Kier molecular flexibility index (Phi) is 4.54. The van der Waals surface area contributed by atoms with E-state index in [0.29, 0.717) is 24.3 Å². The van der Waals surface area contributed by atoms with Crippen molar-refractivity contribution in [3.63, 3.8) is 0 Å². The topological polar surface area (TPSA) is 103 Å². The Bertz CT molecular complexity index is 675. The van der Waals surface area contributed by atoms with Crippen molar-refractivity contribution < 1.29 is 28.6 Å². The molecule has 0 bridgehead atoms. The molecule has 2 atom stereocenters. The number of benzene rings is 1. The number of hydrogen-bond donors (Lipinski definition) is 2. The van der Waals surface area contributed by atoms with Crippen LogP contribution in [0.1, 0.15) is 25.3 Å². The molecule has 8 heteroatoms. The largest absolute Gasteiger partial charge is 0.454 e. The van der Waals surface area contributed by atoms with Gasteiger partial charge in [0, 0.05) is 13.0 Å². The minimum Gasteiger partial charge on any atom is -0.454 e. The van der Waals surface area contributed by atoms with E-state index in [2.05, 4.69) is 10.6 Å². The summed E-state index contributed by atoms with van der Waals surface area (Å²) in [5, 5.41) is 5.20. The summed E-state index contributed by atoms with van der Waals surface area (Å²) >= 11 is 0. The molecular weight excluding hydrogens is 316 g/mol. The number of carbonyl (C=O) groups is 3. The molecule has 1 saturated heterocycles. The summed E-state index contributed by atoms with van der Waals surface area (Å²) in [6.07, 6.45) is -0.253. The van der Waals surface area contributed by atoms with Gasteiger partial charge < -0.3 is 24.8 Å². The Morgan fingerprint density at radius 1 is 1.38 bits per heavy atom. The van der Waals surface area contributed by atoms with Gasteiger partial charge in [-0.05, 0) is 31.0 Å². The zero-order valence-electron chi connectivity index (χ0n) is 13.2. The van der Waals surface area contributed by atoms with Crippen LogP contribution in [-0.4, -0.2) is 36.7 Å².